The van der Waals surface area contributed by atoms with Crippen LogP contribution in [0.5, 0.6) is 0 Å². The SMILES string of the molecule is CC1(C)CCCCC1NCc1nc(-c2ccco2)no1. The van der Waals surface area contributed by atoms with Crippen molar-refractivity contribution in [2.45, 2.75) is 52.1 Å². The van der Waals surface area contributed by atoms with E-state index in [0.29, 0.717) is 35.5 Å². The van der Waals surface area contributed by atoms with Crippen molar-refractivity contribution in [2.75, 3.05) is 0 Å². The minimum atomic E-state index is 0.335. The van der Waals surface area contributed by atoms with Crippen LogP contribution < -0.4 is 5.32 Å². The van der Waals surface area contributed by atoms with Gasteiger partial charge in [0.05, 0.1) is 12.8 Å². The Morgan fingerprint density at radius 3 is 3.05 bits per heavy atom. The fraction of sp³-hybridized carbons (Fsp3) is 0.600. The minimum absolute atomic E-state index is 0.335. The summed E-state index contributed by atoms with van der Waals surface area (Å²) in [4.78, 5) is 4.35. The van der Waals surface area contributed by atoms with Gasteiger partial charge in [0.25, 0.3) is 0 Å². The summed E-state index contributed by atoms with van der Waals surface area (Å²) < 4.78 is 10.5. The molecule has 2 heterocycles. The van der Waals surface area contributed by atoms with E-state index in [1.54, 1.807) is 6.26 Å². The third-order valence-electron chi connectivity index (χ3n) is 4.22. The zero-order chi connectivity index (χ0) is 14.0. The van der Waals surface area contributed by atoms with Gasteiger partial charge in [0.1, 0.15) is 0 Å². The van der Waals surface area contributed by atoms with Crippen LogP contribution in [0, 0.1) is 5.41 Å². The highest BCUT2D eigenvalue weighted by Crippen LogP contribution is 2.35. The van der Waals surface area contributed by atoms with Crippen molar-refractivity contribution >= 4 is 0 Å². The van der Waals surface area contributed by atoms with Gasteiger partial charge < -0.3 is 14.3 Å². The smallest absolute Gasteiger partial charge is 0.241 e. The predicted octanol–water partition coefficient (Wildman–Crippen LogP) is 3.39. The molecule has 1 unspecified atom stereocenters. The second kappa shape index (κ2) is 5.40. The molecule has 0 radical (unpaired) electrons. The zero-order valence-electron chi connectivity index (χ0n) is 12.1. The first-order chi connectivity index (χ1) is 9.65. The molecule has 1 aliphatic carbocycles. The summed E-state index contributed by atoms with van der Waals surface area (Å²) in [6.07, 6.45) is 6.71. The van der Waals surface area contributed by atoms with E-state index in [2.05, 4.69) is 29.3 Å². The van der Waals surface area contributed by atoms with Crippen molar-refractivity contribution in [3.05, 3.63) is 24.3 Å². The van der Waals surface area contributed by atoms with E-state index >= 15 is 0 Å². The molecule has 1 fully saturated rings. The summed E-state index contributed by atoms with van der Waals surface area (Å²) in [6, 6.07) is 4.15. The van der Waals surface area contributed by atoms with Gasteiger partial charge in [-0.05, 0) is 30.4 Å². The Morgan fingerprint density at radius 1 is 1.40 bits per heavy atom. The first kappa shape index (κ1) is 13.4. The van der Waals surface area contributed by atoms with E-state index in [1.807, 2.05) is 12.1 Å². The number of nitrogens with zero attached hydrogens (tertiary/aromatic N) is 2. The summed E-state index contributed by atoms with van der Waals surface area (Å²) in [6.45, 7) is 5.26. The lowest BCUT2D eigenvalue weighted by molar-refractivity contribution is 0.162. The number of nitrogens with one attached hydrogen (secondary N) is 1. The molecule has 1 N–H and O–H groups in total. The van der Waals surface area contributed by atoms with Crippen molar-refractivity contribution in [3.63, 3.8) is 0 Å². The Kier molecular flexibility index (Phi) is 3.61. The molecular formula is C15H21N3O2. The quantitative estimate of drug-likeness (QED) is 0.926. The van der Waals surface area contributed by atoms with Crippen molar-refractivity contribution < 1.29 is 8.94 Å². The molecular weight excluding hydrogens is 254 g/mol. The predicted molar refractivity (Wildman–Crippen MR) is 74.9 cm³/mol. The van der Waals surface area contributed by atoms with Gasteiger partial charge in [-0.1, -0.05) is 31.8 Å². The molecule has 108 valence electrons. The largest absolute Gasteiger partial charge is 0.461 e. The van der Waals surface area contributed by atoms with Crippen molar-refractivity contribution in [3.8, 4) is 11.6 Å². The van der Waals surface area contributed by atoms with Crippen molar-refractivity contribution in [1.29, 1.82) is 0 Å². The van der Waals surface area contributed by atoms with Crippen LogP contribution in [0.3, 0.4) is 0 Å². The number of hydrogen-bond acceptors (Lipinski definition) is 5. The topological polar surface area (TPSA) is 64.1 Å². The fourth-order valence-corrected chi connectivity index (χ4v) is 2.92. The maximum atomic E-state index is 5.26. The first-order valence-corrected chi connectivity index (χ1v) is 7.25. The van der Waals surface area contributed by atoms with Crippen LogP contribution >= 0.6 is 0 Å². The lowest BCUT2D eigenvalue weighted by atomic mass is 9.73. The Labute approximate surface area is 118 Å². The van der Waals surface area contributed by atoms with Gasteiger partial charge in [-0.15, -0.1) is 0 Å². The average molecular weight is 275 g/mol. The highest BCUT2D eigenvalue weighted by Gasteiger charge is 2.31. The highest BCUT2D eigenvalue weighted by atomic mass is 16.5. The number of furan rings is 1. The number of aromatic nitrogens is 2. The Hall–Kier alpha value is -1.62. The van der Waals surface area contributed by atoms with Crippen molar-refractivity contribution in [1.82, 2.24) is 15.5 Å². The fourth-order valence-electron chi connectivity index (χ4n) is 2.92. The van der Waals surface area contributed by atoms with Crippen molar-refractivity contribution in [2.24, 2.45) is 5.41 Å². The number of rotatable bonds is 4. The third kappa shape index (κ3) is 2.77. The van der Waals surface area contributed by atoms with Gasteiger partial charge in [-0.25, -0.2) is 0 Å². The van der Waals surface area contributed by atoms with E-state index in [-0.39, 0.29) is 0 Å². The molecule has 5 heteroatoms. The molecule has 0 bridgehead atoms. The highest BCUT2D eigenvalue weighted by molar-refractivity contribution is 5.44. The monoisotopic (exact) mass is 275 g/mol. The van der Waals surface area contributed by atoms with Gasteiger partial charge >= 0.3 is 0 Å². The van der Waals surface area contributed by atoms with E-state index in [4.69, 9.17) is 8.94 Å². The summed E-state index contributed by atoms with van der Waals surface area (Å²) in [5.74, 6) is 1.76. The molecule has 0 amide bonds. The van der Waals surface area contributed by atoms with Crippen LogP contribution in [-0.4, -0.2) is 16.2 Å². The Morgan fingerprint density at radius 2 is 2.30 bits per heavy atom. The molecule has 1 saturated carbocycles. The van der Waals surface area contributed by atoms with Crippen LogP contribution in [0.25, 0.3) is 11.6 Å². The van der Waals surface area contributed by atoms with Gasteiger partial charge in [0.15, 0.2) is 5.76 Å². The standard InChI is InChI=1S/C15H21N3O2/c1-15(2)8-4-3-7-12(15)16-10-13-17-14(18-20-13)11-6-5-9-19-11/h5-6,9,12,16H,3-4,7-8,10H2,1-2H3. The molecule has 2 aromatic heterocycles. The number of hydrogen-bond donors (Lipinski definition) is 1. The molecule has 2 aromatic rings. The van der Waals surface area contributed by atoms with Crippen LogP contribution in [0.15, 0.2) is 27.3 Å². The summed E-state index contributed by atoms with van der Waals surface area (Å²) in [5.41, 5.74) is 0.335. The molecule has 0 spiro atoms. The van der Waals surface area contributed by atoms with Crippen LogP contribution in [-0.2, 0) is 6.54 Å². The molecule has 1 aliphatic rings. The second-order valence-electron chi connectivity index (χ2n) is 6.16. The molecule has 0 saturated heterocycles. The minimum Gasteiger partial charge on any atom is -0.461 e. The molecule has 0 aliphatic heterocycles. The first-order valence-electron chi connectivity index (χ1n) is 7.25. The zero-order valence-corrected chi connectivity index (χ0v) is 12.1. The molecule has 1 atom stereocenters. The van der Waals surface area contributed by atoms with E-state index < -0.39 is 0 Å². The van der Waals surface area contributed by atoms with Gasteiger partial charge in [-0.2, -0.15) is 4.98 Å². The molecule has 3 rings (SSSR count). The van der Waals surface area contributed by atoms with Crippen LogP contribution in [0.1, 0.15) is 45.4 Å². The van der Waals surface area contributed by atoms with E-state index in [9.17, 15) is 0 Å². The summed E-state index contributed by atoms with van der Waals surface area (Å²) in [7, 11) is 0. The lowest BCUT2D eigenvalue weighted by Crippen LogP contribution is -2.43. The summed E-state index contributed by atoms with van der Waals surface area (Å²) >= 11 is 0. The second-order valence-corrected chi connectivity index (χ2v) is 6.16. The maximum Gasteiger partial charge on any atom is 0.241 e. The van der Waals surface area contributed by atoms with Crippen LogP contribution in [0.2, 0.25) is 0 Å². The maximum absolute atomic E-state index is 5.26. The third-order valence-corrected chi connectivity index (χ3v) is 4.22. The van der Waals surface area contributed by atoms with Gasteiger partial charge in [0.2, 0.25) is 11.7 Å². The van der Waals surface area contributed by atoms with E-state index in [1.165, 1.54) is 25.7 Å². The van der Waals surface area contributed by atoms with Gasteiger partial charge in [0, 0.05) is 6.04 Å². The Bertz CT molecular complexity index is 545. The Balaban J connectivity index is 1.61. The molecule has 5 nitrogen and oxygen atoms in total. The molecule has 20 heavy (non-hydrogen) atoms. The van der Waals surface area contributed by atoms with Crippen LogP contribution in [0.4, 0.5) is 0 Å². The summed E-state index contributed by atoms with van der Waals surface area (Å²) in [5, 5.41) is 7.50. The van der Waals surface area contributed by atoms with E-state index in [0.717, 1.165) is 0 Å². The lowest BCUT2D eigenvalue weighted by Gasteiger charge is -2.39. The normalized spacial score (nSPS) is 22.0. The average Bonchev–Trinajstić information content (AvgIpc) is 3.08. The van der Waals surface area contributed by atoms with Gasteiger partial charge in [-0.3, -0.25) is 0 Å². The molecule has 0 aromatic carbocycles.